The summed E-state index contributed by atoms with van der Waals surface area (Å²) in [6.07, 6.45) is 5.01. The Morgan fingerprint density at radius 2 is 2.00 bits per heavy atom. The summed E-state index contributed by atoms with van der Waals surface area (Å²) in [5, 5.41) is 3.33. The second-order valence-corrected chi connectivity index (χ2v) is 6.70. The molecule has 3 rings (SSSR count). The van der Waals surface area contributed by atoms with E-state index >= 15 is 0 Å². The van der Waals surface area contributed by atoms with E-state index in [1.165, 1.54) is 41.0 Å². The van der Waals surface area contributed by atoms with E-state index in [-0.39, 0.29) is 11.9 Å². The van der Waals surface area contributed by atoms with Gasteiger partial charge in [0, 0.05) is 9.75 Å². The second kappa shape index (κ2) is 5.66. The largest absolute Gasteiger partial charge is 0.309 e. The van der Waals surface area contributed by atoms with Crippen molar-refractivity contribution in [1.82, 2.24) is 5.32 Å². The van der Waals surface area contributed by atoms with Crippen molar-refractivity contribution >= 4 is 11.3 Å². The standard InChI is InChI=1S/C17H20FNS/c1-11-7-8-13(9-14(11)18)17(19-2)16-10-12-5-3-4-6-15(12)20-16/h7-10,17,19H,3-6H2,1-2H3. The zero-order valence-corrected chi connectivity index (χ0v) is 12.8. The Balaban J connectivity index is 1.96. The number of rotatable bonds is 3. The van der Waals surface area contributed by atoms with Crippen LogP contribution in [0.3, 0.4) is 0 Å². The van der Waals surface area contributed by atoms with E-state index < -0.39 is 0 Å². The third-order valence-corrected chi connectivity index (χ3v) is 5.42. The first-order chi connectivity index (χ1) is 9.69. The Labute approximate surface area is 123 Å². The Morgan fingerprint density at radius 1 is 1.20 bits per heavy atom. The van der Waals surface area contributed by atoms with E-state index in [2.05, 4.69) is 11.4 Å². The molecule has 1 aromatic heterocycles. The minimum absolute atomic E-state index is 0.0979. The molecular formula is C17H20FNS. The molecule has 1 aliphatic carbocycles. The fourth-order valence-electron chi connectivity index (χ4n) is 2.92. The van der Waals surface area contributed by atoms with Crippen LogP contribution in [-0.2, 0) is 12.8 Å². The lowest BCUT2D eigenvalue weighted by Crippen LogP contribution is -2.16. The van der Waals surface area contributed by atoms with Gasteiger partial charge in [-0.2, -0.15) is 0 Å². The van der Waals surface area contributed by atoms with Crippen LogP contribution in [-0.4, -0.2) is 7.05 Å². The summed E-state index contributed by atoms with van der Waals surface area (Å²) >= 11 is 1.89. The fourth-order valence-corrected chi connectivity index (χ4v) is 4.31. The number of thiophene rings is 1. The van der Waals surface area contributed by atoms with Gasteiger partial charge in [-0.3, -0.25) is 0 Å². The average Bonchev–Trinajstić information content (AvgIpc) is 2.87. The molecule has 0 radical (unpaired) electrons. The molecule has 0 saturated heterocycles. The number of fused-ring (bicyclic) bond motifs is 1. The quantitative estimate of drug-likeness (QED) is 0.884. The van der Waals surface area contributed by atoms with Gasteiger partial charge >= 0.3 is 0 Å². The molecule has 1 aliphatic rings. The van der Waals surface area contributed by atoms with Crippen molar-refractivity contribution < 1.29 is 4.39 Å². The lowest BCUT2D eigenvalue weighted by Gasteiger charge is -2.15. The van der Waals surface area contributed by atoms with E-state index in [1.54, 1.807) is 13.0 Å². The van der Waals surface area contributed by atoms with E-state index in [9.17, 15) is 4.39 Å². The molecule has 0 amide bonds. The molecule has 1 nitrogen and oxygen atoms in total. The lowest BCUT2D eigenvalue weighted by atomic mass is 9.97. The van der Waals surface area contributed by atoms with Crippen molar-refractivity contribution in [2.24, 2.45) is 0 Å². The van der Waals surface area contributed by atoms with Gasteiger partial charge in [0.25, 0.3) is 0 Å². The second-order valence-electron chi connectivity index (χ2n) is 5.53. The summed E-state index contributed by atoms with van der Waals surface area (Å²) in [5.41, 5.74) is 3.22. The number of hydrogen-bond donors (Lipinski definition) is 1. The van der Waals surface area contributed by atoms with E-state index in [4.69, 9.17) is 0 Å². The fraction of sp³-hybridized carbons (Fsp3) is 0.412. The molecule has 0 spiro atoms. The molecule has 1 heterocycles. The van der Waals surface area contributed by atoms with E-state index in [0.29, 0.717) is 5.56 Å². The van der Waals surface area contributed by atoms with Crippen LogP contribution in [0.5, 0.6) is 0 Å². The van der Waals surface area contributed by atoms with Gasteiger partial charge in [0.1, 0.15) is 5.82 Å². The Hall–Kier alpha value is -1.19. The van der Waals surface area contributed by atoms with Crippen molar-refractivity contribution in [2.45, 2.75) is 38.6 Å². The number of benzene rings is 1. The highest BCUT2D eigenvalue weighted by atomic mass is 32.1. The highest BCUT2D eigenvalue weighted by Crippen LogP contribution is 2.35. The molecule has 1 N–H and O–H groups in total. The van der Waals surface area contributed by atoms with Crippen LogP contribution >= 0.6 is 11.3 Å². The van der Waals surface area contributed by atoms with Crippen LogP contribution in [0.4, 0.5) is 4.39 Å². The highest BCUT2D eigenvalue weighted by molar-refractivity contribution is 7.12. The van der Waals surface area contributed by atoms with E-state index in [1.807, 2.05) is 30.5 Å². The predicted octanol–water partition coefficient (Wildman–Crippen LogP) is 4.38. The van der Waals surface area contributed by atoms with Crippen molar-refractivity contribution in [1.29, 1.82) is 0 Å². The van der Waals surface area contributed by atoms with Crippen LogP contribution in [0.15, 0.2) is 24.3 Å². The van der Waals surface area contributed by atoms with Crippen LogP contribution in [0.2, 0.25) is 0 Å². The van der Waals surface area contributed by atoms with Crippen molar-refractivity contribution in [3.63, 3.8) is 0 Å². The minimum atomic E-state index is -0.121. The zero-order chi connectivity index (χ0) is 14.1. The topological polar surface area (TPSA) is 12.0 Å². The summed E-state index contributed by atoms with van der Waals surface area (Å²) < 4.78 is 13.8. The van der Waals surface area contributed by atoms with Crippen LogP contribution in [0.1, 0.15) is 45.3 Å². The average molecular weight is 289 g/mol. The first kappa shape index (κ1) is 13.8. The smallest absolute Gasteiger partial charge is 0.126 e. The molecule has 0 aliphatic heterocycles. The van der Waals surface area contributed by atoms with Crippen molar-refractivity contribution in [3.05, 3.63) is 56.5 Å². The molecule has 3 heteroatoms. The third-order valence-electron chi connectivity index (χ3n) is 4.12. The molecular weight excluding hydrogens is 269 g/mol. The zero-order valence-electron chi connectivity index (χ0n) is 12.0. The number of aryl methyl sites for hydroxylation is 3. The van der Waals surface area contributed by atoms with Gasteiger partial charge in [0.2, 0.25) is 0 Å². The maximum atomic E-state index is 13.8. The Kier molecular flexibility index (Phi) is 3.90. The summed E-state index contributed by atoms with van der Waals surface area (Å²) in [5.74, 6) is -0.121. The van der Waals surface area contributed by atoms with Crippen LogP contribution in [0.25, 0.3) is 0 Å². The minimum Gasteiger partial charge on any atom is -0.309 e. The molecule has 1 aromatic carbocycles. The monoisotopic (exact) mass is 289 g/mol. The number of hydrogen-bond acceptors (Lipinski definition) is 2. The molecule has 1 unspecified atom stereocenters. The van der Waals surface area contributed by atoms with E-state index in [0.717, 1.165) is 5.56 Å². The Morgan fingerprint density at radius 3 is 2.70 bits per heavy atom. The SMILES string of the molecule is CNC(c1ccc(C)c(F)c1)c1cc2c(s1)CCCC2. The maximum Gasteiger partial charge on any atom is 0.126 e. The van der Waals surface area contributed by atoms with Gasteiger partial charge in [-0.25, -0.2) is 4.39 Å². The van der Waals surface area contributed by atoms with Gasteiger partial charge in [-0.15, -0.1) is 11.3 Å². The molecule has 106 valence electrons. The number of halogens is 1. The summed E-state index contributed by atoms with van der Waals surface area (Å²) in [6.45, 7) is 1.80. The third kappa shape index (κ3) is 2.52. The Bertz CT molecular complexity index is 594. The molecule has 1 atom stereocenters. The maximum absolute atomic E-state index is 13.8. The van der Waals surface area contributed by atoms with Crippen molar-refractivity contribution in [2.75, 3.05) is 7.05 Å². The van der Waals surface area contributed by atoms with Gasteiger partial charge in [-0.1, -0.05) is 12.1 Å². The predicted molar refractivity (Wildman–Crippen MR) is 83.0 cm³/mol. The molecule has 2 aromatic rings. The van der Waals surface area contributed by atoms with Gasteiger partial charge in [0.05, 0.1) is 6.04 Å². The van der Waals surface area contributed by atoms with Crippen LogP contribution < -0.4 is 5.32 Å². The van der Waals surface area contributed by atoms with Gasteiger partial charge in [-0.05, 0) is 68.5 Å². The van der Waals surface area contributed by atoms with Crippen molar-refractivity contribution in [3.8, 4) is 0 Å². The first-order valence-electron chi connectivity index (χ1n) is 7.24. The first-order valence-corrected chi connectivity index (χ1v) is 8.05. The summed E-state index contributed by atoms with van der Waals surface area (Å²) in [4.78, 5) is 2.83. The molecule has 0 fully saturated rings. The summed E-state index contributed by atoms with van der Waals surface area (Å²) in [7, 11) is 1.95. The van der Waals surface area contributed by atoms with Gasteiger partial charge in [0.15, 0.2) is 0 Å². The lowest BCUT2D eigenvalue weighted by molar-refractivity contribution is 0.609. The summed E-state index contributed by atoms with van der Waals surface area (Å²) in [6, 6.07) is 7.97. The van der Waals surface area contributed by atoms with Crippen LogP contribution in [0, 0.1) is 12.7 Å². The highest BCUT2D eigenvalue weighted by Gasteiger charge is 2.20. The van der Waals surface area contributed by atoms with Gasteiger partial charge < -0.3 is 5.32 Å². The molecule has 0 saturated carbocycles. The molecule has 0 bridgehead atoms. The normalized spacial score (nSPS) is 15.9. The number of nitrogens with one attached hydrogen (secondary N) is 1. The molecule has 20 heavy (non-hydrogen) atoms.